The largest absolute Gasteiger partial charge is 0.462 e. The van der Waals surface area contributed by atoms with E-state index < -0.39 is 37.8 Å². The van der Waals surface area contributed by atoms with Crippen molar-refractivity contribution in [3.8, 4) is 5.75 Å². The zero-order chi connectivity index (χ0) is 29.2. The molecule has 0 aliphatic carbocycles. The molecule has 0 bridgehead atoms. The van der Waals surface area contributed by atoms with Crippen LogP contribution < -0.4 is 20.2 Å². The molecule has 13 nitrogen and oxygen atoms in total. The number of rotatable bonds is 11. The molecule has 0 saturated carbocycles. The Labute approximate surface area is 231 Å². The van der Waals surface area contributed by atoms with Gasteiger partial charge in [-0.15, -0.1) is 0 Å². The molecule has 5 atom stereocenters. The Morgan fingerprint density at radius 3 is 2.65 bits per heavy atom. The lowest BCUT2D eigenvalue weighted by molar-refractivity contribution is -0.149. The molecule has 3 N–H and O–H groups in total. The van der Waals surface area contributed by atoms with Gasteiger partial charge in [0, 0.05) is 20.5 Å². The number of nitrogens with two attached hydrogens (primary N) is 1. The Hall–Kier alpha value is -3.32. The van der Waals surface area contributed by atoms with Crippen molar-refractivity contribution in [1.29, 1.82) is 0 Å². The van der Waals surface area contributed by atoms with Gasteiger partial charge in [-0.1, -0.05) is 18.2 Å². The van der Waals surface area contributed by atoms with Crippen molar-refractivity contribution in [3.63, 3.8) is 0 Å². The van der Waals surface area contributed by atoms with E-state index in [9.17, 15) is 9.36 Å². The van der Waals surface area contributed by atoms with Crippen molar-refractivity contribution in [3.05, 3.63) is 36.7 Å². The number of aromatic nitrogens is 4. The summed E-state index contributed by atoms with van der Waals surface area (Å²) in [6.07, 6.45) is -0.985. The number of nitrogen functional groups attached to an aromatic ring is 1. The van der Waals surface area contributed by atoms with Crippen molar-refractivity contribution in [2.75, 3.05) is 31.3 Å². The molecule has 4 rings (SSSR count). The molecule has 1 aliphatic rings. The van der Waals surface area contributed by atoms with E-state index in [2.05, 4.69) is 20.0 Å². The second-order valence-corrected chi connectivity index (χ2v) is 11.9. The molecule has 3 heterocycles. The highest BCUT2D eigenvalue weighted by Crippen LogP contribution is 2.48. The second kappa shape index (κ2) is 11.7. The molecule has 40 heavy (non-hydrogen) atoms. The van der Waals surface area contributed by atoms with Gasteiger partial charge >= 0.3 is 13.7 Å². The maximum atomic E-state index is 15.9. The molecular formula is C25H35FN7O6P. The highest BCUT2D eigenvalue weighted by molar-refractivity contribution is 7.52. The minimum Gasteiger partial charge on any atom is -0.462 e. The van der Waals surface area contributed by atoms with Gasteiger partial charge in [-0.3, -0.25) is 13.9 Å². The lowest BCUT2D eigenvalue weighted by Gasteiger charge is -2.24. The second-order valence-electron chi connectivity index (χ2n) is 10.3. The smallest absolute Gasteiger partial charge is 0.459 e. The van der Waals surface area contributed by atoms with Crippen LogP contribution in [-0.4, -0.2) is 70.1 Å². The molecule has 1 fully saturated rings. The average molecular weight is 580 g/mol. The third-order valence-corrected chi connectivity index (χ3v) is 7.66. The Bertz CT molecular complexity index is 1390. The average Bonchev–Trinajstić information content (AvgIpc) is 3.41. The Kier molecular flexibility index (Phi) is 8.64. The number of halogens is 1. The molecule has 1 aliphatic heterocycles. The SMILES string of the molecule is CC(C)OC(=O)[C@H](C)N[P@@](=O)(OC[C@@H]1C[C@@](C)(F)[C@H](n2cnc3c(N(C)C)nc(N)nc32)O1)Oc1ccccc1. The van der Waals surface area contributed by atoms with E-state index in [1.54, 1.807) is 63.2 Å². The van der Waals surface area contributed by atoms with Crippen LogP contribution in [0.15, 0.2) is 36.7 Å². The number of ether oxygens (including phenoxy) is 2. The van der Waals surface area contributed by atoms with Gasteiger partial charge in [0.15, 0.2) is 28.9 Å². The first-order valence-corrected chi connectivity index (χ1v) is 14.3. The number of benzene rings is 1. The summed E-state index contributed by atoms with van der Waals surface area (Å²) in [6.45, 7) is 5.98. The maximum absolute atomic E-state index is 15.9. The predicted octanol–water partition coefficient (Wildman–Crippen LogP) is 3.62. The number of imidazole rings is 1. The zero-order valence-electron chi connectivity index (χ0n) is 23.3. The summed E-state index contributed by atoms with van der Waals surface area (Å²) >= 11 is 0. The van der Waals surface area contributed by atoms with E-state index in [1.165, 1.54) is 24.7 Å². The number of para-hydroxylation sites is 1. The van der Waals surface area contributed by atoms with Crippen molar-refractivity contribution in [2.45, 2.75) is 64.3 Å². The van der Waals surface area contributed by atoms with Crippen LogP contribution in [0.3, 0.4) is 0 Å². The summed E-state index contributed by atoms with van der Waals surface area (Å²) in [7, 11) is -0.579. The molecular weight excluding hydrogens is 544 g/mol. The third-order valence-electron chi connectivity index (χ3n) is 6.02. The van der Waals surface area contributed by atoms with Gasteiger partial charge in [0.2, 0.25) is 5.95 Å². The summed E-state index contributed by atoms with van der Waals surface area (Å²) in [4.78, 5) is 26.9. The number of hydrogen-bond acceptors (Lipinski definition) is 11. The molecule has 2 aromatic heterocycles. The topological polar surface area (TPSA) is 156 Å². The number of carbonyl (C=O) groups is 1. The van der Waals surface area contributed by atoms with Gasteiger partial charge in [0.05, 0.1) is 25.1 Å². The predicted molar refractivity (Wildman–Crippen MR) is 147 cm³/mol. The highest BCUT2D eigenvalue weighted by atomic mass is 31.2. The van der Waals surface area contributed by atoms with Crippen LogP contribution in [0, 0.1) is 0 Å². The number of nitrogens with one attached hydrogen (secondary N) is 1. The molecule has 3 aromatic rings. The normalized spacial score (nSPS) is 23.2. The van der Waals surface area contributed by atoms with Crippen LogP contribution in [0.5, 0.6) is 5.75 Å². The van der Waals surface area contributed by atoms with Crippen molar-refractivity contribution >= 4 is 36.6 Å². The molecule has 1 aromatic carbocycles. The van der Waals surface area contributed by atoms with Gasteiger partial charge < -0.3 is 24.6 Å². The fraction of sp³-hybridized carbons (Fsp3) is 0.520. The van der Waals surface area contributed by atoms with Gasteiger partial charge in [-0.25, -0.2) is 13.9 Å². The Morgan fingerprint density at radius 2 is 2.00 bits per heavy atom. The first-order valence-electron chi connectivity index (χ1n) is 12.8. The first kappa shape index (κ1) is 29.7. The third kappa shape index (κ3) is 6.69. The van der Waals surface area contributed by atoms with E-state index in [0.29, 0.717) is 17.0 Å². The first-order chi connectivity index (χ1) is 18.8. The van der Waals surface area contributed by atoms with E-state index in [4.69, 9.17) is 24.3 Å². The van der Waals surface area contributed by atoms with E-state index in [0.717, 1.165) is 0 Å². The number of carbonyl (C=O) groups excluding carboxylic acids is 1. The van der Waals surface area contributed by atoms with Crippen molar-refractivity contribution in [1.82, 2.24) is 24.6 Å². The summed E-state index contributed by atoms with van der Waals surface area (Å²) in [5.41, 5.74) is 4.78. The van der Waals surface area contributed by atoms with E-state index in [-0.39, 0.29) is 30.8 Å². The summed E-state index contributed by atoms with van der Waals surface area (Å²) in [5.74, 6) is 0.109. The summed E-state index contributed by atoms with van der Waals surface area (Å²) < 4.78 is 53.7. The maximum Gasteiger partial charge on any atom is 0.459 e. The monoisotopic (exact) mass is 579 g/mol. The molecule has 0 radical (unpaired) electrons. The van der Waals surface area contributed by atoms with Crippen molar-refractivity contribution in [2.24, 2.45) is 0 Å². The van der Waals surface area contributed by atoms with Crippen molar-refractivity contribution < 1.29 is 32.3 Å². The molecule has 0 spiro atoms. The van der Waals surface area contributed by atoms with Gasteiger partial charge in [0.25, 0.3) is 0 Å². The number of fused-ring (bicyclic) bond motifs is 1. The lowest BCUT2D eigenvalue weighted by Crippen LogP contribution is -2.36. The standard InChI is InChI=1S/C25H35FN7O6P/c1-15(2)37-22(34)16(3)31-40(35,39-17-10-8-7-9-11-17)36-13-18-12-25(4,26)23(38-18)33-14-28-19-20(32(5)6)29-24(27)30-21(19)33/h7-11,14-16,18,23H,12-13H2,1-6H3,(H,31,35)(H2,27,29,30)/t16-,18-,23+,25+,40+/m0/s1. The Morgan fingerprint density at radius 1 is 1.30 bits per heavy atom. The molecule has 218 valence electrons. The molecule has 0 amide bonds. The van der Waals surface area contributed by atoms with Crippen LogP contribution in [0.2, 0.25) is 0 Å². The fourth-order valence-corrected chi connectivity index (χ4v) is 5.81. The van der Waals surface area contributed by atoms with Gasteiger partial charge in [-0.2, -0.15) is 15.1 Å². The van der Waals surface area contributed by atoms with Crippen LogP contribution >= 0.6 is 7.75 Å². The fourth-order valence-electron chi connectivity index (χ4n) is 4.29. The van der Waals surface area contributed by atoms with E-state index >= 15 is 4.39 Å². The summed E-state index contributed by atoms with van der Waals surface area (Å²) in [6, 6.07) is 7.33. The Balaban J connectivity index is 1.53. The number of alkyl halides is 1. The van der Waals surface area contributed by atoms with Crippen LogP contribution in [-0.2, 0) is 23.4 Å². The quantitative estimate of drug-likeness (QED) is 0.252. The van der Waals surface area contributed by atoms with Crippen LogP contribution in [0.25, 0.3) is 11.2 Å². The number of esters is 1. The molecule has 1 saturated heterocycles. The number of anilines is 2. The van der Waals surface area contributed by atoms with Gasteiger partial charge in [-0.05, 0) is 39.8 Å². The summed E-state index contributed by atoms with van der Waals surface area (Å²) in [5, 5.41) is 2.61. The lowest BCUT2D eigenvalue weighted by atomic mass is 10.0. The zero-order valence-corrected chi connectivity index (χ0v) is 24.2. The highest BCUT2D eigenvalue weighted by Gasteiger charge is 2.48. The minimum atomic E-state index is -4.15. The van der Waals surface area contributed by atoms with Crippen LogP contribution in [0.4, 0.5) is 16.2 Å². The number of hydrogen-bond donors (Lipinski definition) is 2. The number of nitrogens with zero attached hydrogens (tertiary/aromatic N) is 5. The van der Waals surface area contributed by atoms with Crippen LogP contribution in [0.1, 0.15) is 40.3 Å². The molecule has 0 unspecified atom stereocenters. The van der Waals surface area contributed by atoms with Gasteiger partial charge in [0.1, 0.15) is 11.8 Å². The van der Waals surface area contributed by atoms with E-state index in [1.807, 2.05) is 0 Å². The minimum absolute atomic E-state index is 0.00609. The molecule has 15 heteroatoms.